The van der Waals surface area contributed by atoms with Crippen LogP contribution >= 0.6 is 7.82 Å². The molecule has 2 atom stereocenters. The minimum Gasteiger partial charge on any atom is -0.459 e. The molecule has 0 aromatic carbocycles. The zero-order valence-electron chi connectivity index (χ0n) is 26.9. The first-order valence-corrected chi connectivity index (χ1v) is 17.7. The molecule has 0 saturated carbocycles. The molecule has 41 heavy (non-hydrogen) atoms. The van der Waals surface area contributed by atoms with E-state index in [2.05, 4.69) is 11.4 Å². The topological polar surface area (TPSA) is 119 Å². The highest BCUT2D eigenvalue weighted by atomic mass is 31.2. The van der Waals surface area contributed by atoms with Crippen LogP contribution in [-0.2, 0) is 28.2 Å². The van der Waals surface area contributed by atoms with E-state index >= 15 is 0 Å². The largest absolute Gasteiger partial charge is 0.469 e. The van der Waals surface area contributed by atoms with Gasteiger partial charge in [-0.2, -0.15) is 0 Å². The molecule has 0 rings (SSSR count). The predicted molar refractivity (Wildman–Crippen MR) is 165 cm³/mol. The maximum Gasteiger partial charge on any atom is 0.469 e. The lowest BCUT2D eigenvalue weighted by Crippen LogP contribution is -2.48. The lowest BCUT2D eigenvalue weighted by molar-refractivity contribution is -0.897. The molecule has 2 unspecified atom stereocenters. The second-order valence-corrected chi connectivity index (χ2v) is 13.7. The SMILES string of the molecule is CCCCCCCCCCCCCCCCCCOCC(CC(CCOP(=O)(O)O)[N+](C)(C)C)OC(=O)CC(C)=O. The normalized spacial score (nSPS) is 13.7. The molecule has 244 valence electrons. The number of esters is 1. The molecule has 0 fully saturated rings. The van der Waals surface area contributed by atoms with Gasteiger partial charge in [0, 0.05) is 19.4 Å². The summed E-state index contributed by atoms with van der Waals surface area (Å²) in [5.41, 5.74) is 0. The molecule has 0 amide bonds. The highest BCUT2D eigenvalue weighted by Crippen LogP contribution is 2.36. The summed E-state index contributed by atoms with van der Waals surface area (Å²) in [4.78, 5) is 41.6. The van der Waals surface area contributed by atoms with Crippen molar-refractivity contribution in [3.8, 4) is 0 Å². The van der Waals surface area contributed by atoms with Crippen LogP contribution in [0.4, 0.5) is 0 Å². The van der Waals surface area contributed by atoms with E-state index in [1.807, 2.05) is 21.1 Å². The summed E-state index contributed by atoms with van der Waals surface area (Å²) in [7, 11) is 1.35. The number of ether oxygens (including phenoxy) is 2. The Kier molecular flexibility index (Phi) is 24.1. The van der Waals surface area contributed by atoms with Crippen LogP contribution < -0.4 is 0 Å². The fourth-order valence-corrected chi connectivity index (χ4v) is 5.32. The van der Waals surface area contributed by atoms with Gasteiger partial charge in [-0.05, 0) is 13.3 Å². The highest BCUT2D eigenvalue weighted by molar-refractivity contribution is 7.46. The molecule has 2 N–H and O–H groups in total. The van der Waals surface area contributed by atoms with Gasteiger partial charge < -0.3 is 23.7 Å². The molecule has 0 aliphatic heterocycles. The molecular formula is C31H63NO8P+. The van der Waals surface area contributed by atoms with E-state index in [9.17, 15) is 14.2 Å². The molecule has 0 bridgehead atoms. The molecule has 0 aliphatic carbocycles. The lowest BCUT2D eigenvalue weighted by atomic mass is 10.0. The maximum atomic E-state index is 12.2. The van der Waals surface area contributed by atoms with Crippen molar-refractivity contribution >= 4 is 19.6 Å². The summed E-state index contributed by atoms with van der Waals surface area (Å²) in [5.74, 6) is -0.846. The average molecular weight is 609 g/mol. The Morgan fingerprint density at radius 2 is 1.22 bits per heavy atom. The molecular weight excluding hydrogens is 545 g/mol. The van der Waals surface area contributed by atoms with Gasteiger partial charge in [0.15, 0.2) is 0 Å². The molecule has 10 heteroatoms. The number of phosphoric ester groups is 1. The quantitative estimate of drug-likeness (QED) is 0.0303. The lowest BCUT2D eigenvalue weighted by Gasteiger charge is -2.36. The van der Waals surface area contributed by atoms with Crippen LogP contribution in [0.25, 0.3) is 0 Å². The van der Waals surface area contributed by atoms with Crippen LogP contribution in [0, 0.1) is 0 Å². The van der Waals surface area contributed by atoms with Gasteiger partial charge in [-0.25, -0.2) is 4.57 Å². The van der Waals surface area contributed by atoms with Crippen molar-refractivity contribution in [3.05, 3.63) is 0 Å². The van der Waals surface area contributed by atoms with E-state index in [4.69, 9.17) is 19.3 Å². The summed E-state index contributed by atoms with van der Waals surface area (Å²) in [6, 6.07) is -0.101. The van der Waals surface area contributed by atoms with Crippen LogP contribution in [0.15, 0.2) is 0 Å². The van der Waals surface area contributed by atoms with E-state index in [1.54, 1.807) is 0 Å². The molecule has 0 aliphatic rings. The van der Waals surface area contributed by atoms with E-state index < -0.39 is 19.9 Å². The third-order valence-corrected chi connectivity index (χ3v) is 8.00. The van der Waals surface area contributed by atoms with Gasteiger partial charge in [0.05, 0.1) is 40.4 Å². The Morgan fingerprint density at radius 3 is 1.63 bits per heavy atom. The van der Waals surface area contributed by atoms with Crippen LogP contribution in [-0.4, -0.2) is 79.1 Å². The average Bonchev–Trinajstić information content (AvgIpc) is 2.85. The Morgan fingerprint density at radius 1 is 0.756 bits per heavy atom. The van der Waals surface area contributed by atoms with Crippen LogP contribution in [0.3, 0.4) is 0 Å². The van der Waals surface area contributed by atoms with Gasteiger partial charge in [0.25, 0.3) is 0 Å². The molecule has 0 aromatic heterocycles. The number of Topliss-reactive ketones (excluding diaryl/α,β-unsaturated/α-hetero) is 1. The fourth-order valence-electron chi connectivity index (χ4n) is 4.98. The van der Waals surface area contributed by atoms with Crippen LogP contribution in [0.2, 0.25) is 0 Å². The van der Waals surface area contributed by atoms with Crippen molar-refractivity contribution in [2.24, 2.45) is 0 Å². The third-order valence-electron chi connectivity index (χ3n) is 7.48. The van der Waals surface area contributed by atoms with Gasteiger partial charge in [-0.1, -0.05) is 103 Å². The first-order chi connectivity index (χ1) is 19.3. The summed E-state index contributed by atoms with van der Waals surface area (Å²) in [5, 5.41) is 0. The number of phosphoric acid groups is 1. The van der Waals surface area contributed by atoms with E-state index in [0.717, 1.165) is 12.8 Å². The summed E-state index contributed by atoms with van der Waals surface area (Å²) < 4.78 is 27.7. The van der Waals surface area contributed by atoms with E-state index in [0.29, 0.717) is 23.9 Å². The summed E-state index contributed by atoms with van der Waals surface area (Å²) in [6.45, 7) is 4.30. The zero-order chi connectivity index (χ0) is 31.0. The molecule has 0 saturated heterocycles. The number of unbranched alkanes of at least 4 members (excludes halogenated alkanes) is 15. The molecule has 0 spiro atoms. The van der Waals surface area contributed by atoms with Crippen molar-refractivity contribution < 1.29 is 42.4 Å². The standard InChI is InChI=1S/C31H62NO8P/c1-6-7-8-9-10-11-12-13-14-15-16-17-18-19-20-21-23-38-27-30(40-31(34)25-28(2)33)26-29(32(3,4)5)22-24-39-41(35,36)37/h29-30H,6-27H2,1-5H3,(H-,35,36,37)/p+1. The van der Waals surface area contributed by atoms with Gasteiger partial charge in [-0.3, -0.25) is 14.1 Å². The molecule has 0 radical (unpaired) electrons. The molecule has 9 nitrogen and oxygen atoms in total. The third kappa shape index (κ3) is 27.7. The first kappa shape index (κ1) is 40.2. The summed E-state index contributed by atoms with van der Waals surface area (Å²) >= 11 is 0. The van der Waals surface area contributed by atoms with Crippen molar-refractivity contribution in [1.29, 1.82) is 0 Å². The Labute approximate surface area is 250 Å². The molecule has 0 aromatic rings. The number of nitrogens with zero attached hydrogens (tertiary/aromatic N) is 1. The second-order valence-electron chi connectivity index (χ2n) is 12.5. The van der Waals surface area contributed by atoms with Gasteiger partial charge in [0.1, 0.15) is 18.3 Å². The Balaban J connectivity index is 4.20. The number of carbonyl (C=O) groups excluding carboxylic acids is 2. The Hall–Kier alpha value is -0.830. The number of hydrogen-bond acceptors (Lipinski definition) is 6. The van der Waals surface area contributed by atoms with Gasteiger partial charge >= 0.3 is 13.8 Å². The molecule has 0 heterocycles. The Bertz CT molecular complexity index is 707. The minimum absolute atomic E-state index is 0.101. The monoisotopic (exact) mass is 608 g/mol. The van der Waals surface area contributed by atoms with Crippen molar-refractivity contribution in [2.45, 2.75) is 148 Å². The first-order valence-electron chi connectivity index (χ1n) is 16.1. The number of ketones is 1. The van der Waals surface area contributed by atoms with E-state index in [-0.39, 0.29) is 31.5 Å². The minimum atomic E-state index is -4.55. The van der Waals surface area contributed by atoms with Crippen LogP contribution in [0.1, 0.15) is 136 Å². The number of quaternary nitrogens is 1. The number of rotatable bonds is 29. The van der Waals surface area contributed by atoms with Crippen molar-refractivity contribution in [3.63, 3.8) is 0 Å². The predicted octanol–water partition coefficient (Wildman–Crippen LogP) is 7.12. The maximum absolute atomic E-state index is 12.2. The zero-order valence-corrected chi connectivity index (χ0v) is 27.8. The number of carbonyl (C=O) groups is 2. The smallest absolute Gasteiger partial charge is 0.459 e. The second kappa shape index (κ2) is 24.6. The van der Waals surface area contributed by atoms with Gasteiger partial charge in [-0.15, -0.1) is 0 Å². The van der Waals surface area contributed by atoms with Gasteiger partial charge in [0.2, 0.25) is 0 Å². The van der Waals surface area contributed by atoms with Crippen molar-refractivity contribution in [1.82, 2.24) is 0 Å². The van der Waals surface area contributed by atoms with Crippen LogP contribution in [0.5, 0.6) is 0 Å². The number of hydrogen-bond donors (Lipinski definition) is 2. The highest BCUT2D eigenvalue weighted by Gasteiger charge is 2.30. The fraction of sp³-hybridized carbons (Fsp3) is 0.935. The van der Waals surface area contributed by atoms with Crippen molar-refractivity contribution in [2.75, 3.05) is 41.0 Å². The summed E-state index contributed by atoms with van der Waals surface area (Å²) in [6.07, 6.45) is 20.9. The van der Waals surface area contributed by atoms with E-state index in [1.165, 1.54) is 96.8 Å².